The molecule has 1 aliphatic carbocycles. The summed E-state index contributed by atoms with van der Waals surface area (Å²) in [6.45, 7) is 0. The van der Waals surface area contributed by atoms with E-state index in [4.69, 9.17) is 9.47 Å². The number of methoxy groups -OCH3 is 2. The molecule has 1 aliphatic heterocycles. The Morgan fingerprint density at radius 2 is 1.66 bits per heavy atom. The average molecular weight is 472 g/mol. The number of non-ortho nitro benzene ring substituents is 1. The molecule has 8 nitrogen and oxygen atoms in total. The molecule has 2 N–H and O–H groups in total. The second-order valence-corrected chi connectivity index (χ2v) is 8.64. The maximum absolute atomic E-state index is 13.7. The molecule has 0 unspecified atom stereocenters. The molecular formula is C27H25N3O5. The van der Waals surface area contributed by atoms with Crippen LogP contribution in [-0.2, 0) is 4.79 Å². The van der Waals surface area contributed by atoms with Crippen molar-refractivity contribution in [2.45, 2.75) is 24.8 Å². The Bertz CT molecular complexity index is 1350. The summed E-state index contributed by atoms with van der Waals surface area (Å²) in [5.74, 6) is 1.20. The third kappa shape index (κ3) is 4.19. The van der Waals surface area contributed by atoms with E-state index in [1.807, 2.05) is 48.5 Å². The summed E-state index contributed by atoms with van der Waals surface area (Å²) in [6, 6.07) is 19.4. The number of carbonyl (C=O) groups is 1. The van der Waals surface area contributed by atoms with Crippen LogP contribution in [0.15, 0.2) is 78.0 Å². The lowest BCUT2D eigenvalue weighted by Gasteiger charge is -2.30. The molecule has 35 heavy (non-hydrogen) atoms. The Morgan fingerprint density at radius 3 is 2.40 bits per heavy atom. The van der Waals surface area contributed by atoms with Gasteiger partial charge >= 0.3 is 0 Å². The maximum atomic E-state index is 13.7. The number of ketones is 1. The normalized spacial score (nSPS) is 19.0. The number of para-hydroxylation sites is 2. The Hall–Kier alpha value is -4.33. The lowest BCUT2D eigenvalue weighted by molar-refractivity contribution is -0.384. The molecule has 3 aromatic rings. The second-order valence-electron chi connectivity index (χ2n) is 8.64. The fourth-order valence-corrected chi connectivity index (χ4v) is 4.90. The van der Waals surface area contributed by atoms with Gasteiger partial charge < -0.3 is 20.1 Å². The van der Waals surface area contributed by atoms with Gasteiger partial charge in [0.2, 0.25) is 0 Å². The van der Waals surface area contributed by atoms with Crippen LogP contribution in [0, 0.1) is 10.1 Å². The van der Waals surface area contributed by atoms with Crippen LogP contribution in [0.25, 0.3) is 0 Å². The van der Waals surface area contributed by atoms with Crippen LogP contribution >= 0.6 is 0 Å². The summed E-state index contributed by atoms with van der Waals surface area (Å²) < 4.78 is 10.8. The zero-order chi connectivity index (χ0) is 24.5. The Labute approximate surface area is 202 Å². The van der Waals surface area contributed by atoms with Crippen LogP contribution in [-0.4, -0.2) is 24.9 Å². The van der Waals surface area contributed by atoms with Crippen LogP contribution in [0.2, 0.25) is 0 Å². The van der Waals surface area contributed by atoms with E-state index in [1.165, 1.54) is 12.1 Å². The topological polar surface area (TPSA) is 103 Å². The standard InChI is InChI=1S/C27H25N3O5/c1-34-24-11-10-16(15-25(24)35-2)18-13-22-26(23(31)14-18)27(17-6-5-7-19(12-17)30(32)33)29-21-9-4-3-8-20(21)28-22/h3-12,15,18,27-29H,13-14H2,1-2H3/t18-,27-/m0/s1. The molecule has 0 radical (unpaired) electrons. The number of rotatable bonds is 5. The van der Waals surface area contributed by atoms with Crippen molar-refractivity contribution in [2.24, 2.45) is 0 Å². The quantitative estimate of drug-likeness (QED) is 0.369. The molecule has 2 aliphatic rings. The third-order valence-electron chi connectivity index (χ3n) is 6.60. The van der Waals surface area contributed by atoms with Crippen molar-refractivity contribution in [2.75, 3.05) is 24.9 Å². The summed E-state index contributed by atoms with van der Waals surface area (Å²) in [6.07, 6.45) is 0.928. The SMILES string of the molecule is COc1ccc([C@@H]2CC(=O)C3=C(C2)Nc2ccccc2N[C@H]3c2cccc([N+](=O)[O-])c2)cc1OC. The predicted molar refractivity (Wildman–Crippen MR) is 133 cm³/mol. The van der Waals surface area contributed by atoms with Gasteiger partial charge in [0.25, 0.3) is 5.69 Å². The van der Waals surface area contributed by atoms with E-state index < -0.39 is 11.0 Å². The van der Waals surface area contributed by atoms with Gasteiger partial charge in [0, 0.05) is 29.8 Å². The molecule has 0 fully saturated rings. The molecular weight excluding hydrogens is 446 g/mol. The van der Waals surface area contributed by atoms with Gasteiger partial charge in [-0.25, -0.2) is 0 Å². The third-order valence-corrected chi connectivity index (χ3v) is 6.60. The number of hydrogen-bond acceptors (Lipinski definition) is 7. The number of hydrogen-bond donors (Lipinski definition) is 2. The average Bonchev–Trinajstić information content (AvgIpc) is 3.05. The predicted octanol–water partition coefficient (Wildman–Crippen LogP) is 5.59. The zero-order valence-electron chi connectivity index (χ0n) is 19.4. The molecule has 3 aromatic carbocycles. The first kappa shape index (κ1) is 22.5. The molecule has 8 heteroatoms. The first-order valence-electron chi connectivity index (χ1n) is 11.3. The van der Waals surface area contributed by atoms with Gasteiger partial charge in [-0.05, 0) is 47.7 Å². The van der Waals surface area contributed by atoms with Crippen molar-refractivity contribution in [3.63, 3.8) is 0 Å². The number of fused-ring (bicyclic) bond motifs is 1. The number of benzene rings is 3. The summed E-state index contributed by atoms with van der Waals surface area (Å²) in [4.78, 5) is 24.7. The smallest absolute Gasteiger partial charge is 0.269 e. The molecule has 0 aromatic heterocycles. The van der Waals surface area contributed by atoms with Gasteiger partial charge in [-0.15, -0.1) is 0 Å². The van der Waals surface area contributed by atoms with Crippen LogP contribution < -0.4 is 20.1 Å². The first-order valence-corrected chi connectivity index (χ1v) is 11.3. The van der Waals surface area contributed by atoms with Crippen molar-refractivity contribution in [3.8, 4) is 11.5 Å². The summed E-state index contributed by atoms with van der Waals surface area (Å²) in [7, 11) is 3.18. The van der Waals surface area contributed by atoms with Gasteiger partial charge in [0.1, 0.15) is 0 Å². The van der Waals surface area contributed by atoms with Gasteiger partial charge in [0.05, 0.1) is 36.6 Å². The van der Waals surface area contributed by atoms with Gasteiger partial charge in [-0.2, -0.15) is 0 Å². The minimum atomic E-state index is -0.514. The number of nitrogens with one attached hydrogen (secondary N) is 2. The number of nitro groups is 1. The molecule has 0 spiro atoms. The number of Topliss-reactive ketones (excluding diaryl/α,β-unsaturated/α-hetero) is 1. The zero-order valence-corrected chi connectivity index (χ0v) is 19.4. The lowest BCUT2D eigenvalue weighted by Crippen LogP contribution is -2.27. The molecule has 0 saturated carbocycles. The van der Waals surface area contributed by atoms with Crippen molar-refractivity contribution >= 4 is 22.8 Å². The highest BCUT2D eigenvalue weighted by Crippen LogP contribution is 2.45. The molecule has 0 amide bonds. The van der Waals surface area contributed by atoms with Gasteiger partial charge in [-0.1, -0.05) is 30.3 Å². The minimum Gasteiger partial charge on any atom is -0.493 e. The summed E-state index contributed by atoms with van der Waals surface area (Å²) >= 11 is 0. The Morgan fingerprint density at radius 1 is 0.886 bits per heavy atom. The van der Waals surface area contributed by atoms with E-state index in [2.05, 4.69) is 10.6 Å². The highest BCUT2D eigenvalue weighted by atomic mass is 16.6. The molecule has 178 valence electrons. The second kappa shape index (κ2) is 9.13. The number of anilines is 2. The van der Waals surface area contributed by atoms with Crippen molar-refractivity contribution in [1.29, 1.82) is 0 Å². The van der Waals surface area contributed by atoms with E-state index in [0.29, 0.717) is 35.5 Å². The molecule has 0 saturated heterocycles. The number of ether oxygens (including phenoxy) is 2. The van der Waals surface area contributed by atoms with Crippen LogP contribution in [0.1, 0.15) is 35.9 Å². The largest absolute Gasteiger partial charge is 0.493 e. The fraction of sp³-hybridized carbons (Fsp3) is 0.222. The number of carbonyl (C=O) groups excluding carboxylic acids is 1. The molecule has 0 bridgehead atoms. The van der Waals surface area contributed by atoms with Crippen LogP contribution in [0.4, 0.5) is 17.1 Å². The van der Waals surface area contributed by atoms with E-state index in [1.54, 1.807) is 20.3 Å². The van der Waals surface area contributed by atoms with E-state index >= 15 is 0 Å². The van der Waals surface area contributed by atoms with Gasteiger partial charge in [-0.3, -0.25) is 14.9 Å². The molecule has 5 rings (SSSR count). The summed E-state index contributed by atoms with van der Waals surface area (Å²) in [5, 5.41) is 18.4. The van der Waals surface area contributed by atoms with Gasteiger partial charge in [0.15, 0.2) is 17.3 Å². The number of allylic oxidation sites excluding steroid dienone is 1. The van der Waals surface area contributed by atoms with E-state index in [9.17, 15) is 14.9 Å². The van der Waals surface area contributed by atoms with Crippen molar-refractivity contribution in [3.05, 3.63) is 99.2 Å². The van der Waals surface area contributed by atoms with E-state index in [0.717, 1.165) is 22.6 Å². The Balaban J connectivity index is 1.59. The lowest BCUT2D eigenvalue weighted by atomic mass is 9.78. The molecule has 2 atom stereocenters. The first-order chi connectivity index (χ1) is 17.0. The summed E-state index contributed by atoms with van der Waals surface area (Å²) in [5.41, 5.74) is 4.75. The van der Waals surface area contributed by atoms with E-state index in [-0.39, 0.29) is 17.4 Å². The number of nitro benzene ring substituents is 1. The monoisotopic (exact) mass is 471 g/mol. The fourth-order valence-electron chi connectivity index (χ4n) is 4.90. The highest BCUT2D eigenvalue weighted by Gasteiger charge is 2.36. The highest BCUT2D eigenvalue weighted by molar-refractivity contribution is 6.01. The van der Waals surface area contributed by atoms with Crippen LogP contribution in [0.5, 0.6) is 11.5 Å². The molecule has 1 heterocycles. The van der Waals surface area contributed by atoms with Crippen molar-refractivity contribution in [1.82, 2.24) is 0 Å². The van der Waals surface area contributed by atoms with Crippen molar-refractivity contribution < 1.29 is 19.2 Å². The maximum Gasteiger partial charge on any atom is 0.269 e. The minimum absolute atomic E-state index is 0.00431. The number of nitrogens with zero attached hydrogens (tertiary/aromatic N) is 1. The Kier molecular flexibility index (Phi) is 5.86. The van der Waals surface area contributed by atoms with Crippen LogP contribution in [0.3, 0.4) is 0 Å².